The Labute approximate surface area is 231 Å². The van der Waals surface area contributed by atoms with Gasteiger partial charge in [-0.05, 0) is 57.2 Å². The Morgan fingerprint density at radius 3 is 2.41 bits per heavy atom. The first-order valence-corrected chi connectivity index (χ1v) is 13.6. The fourth-order valence-corrected chi connectivity index (χ4v) is 5.07. The number of carbonyl (C=O) groups excluding carboxylic acids is 1. The topological polar surface area (TPSA) is 82.0 Å². The van der Waals surface area contributed by atoms with Gasteiger partial charge in [-0.25, -0.2) is 4.79 Å². The summed E-state index contributed by atoms with van der Waals surface area (Å²) in [7, 11) is 0. The first-order chi connectivity index (χ1) is 18.9. The van der Waals surface area contributed by atoms with Crippen LogP contribution in [0.25, 0.3) is 0 Å². The number of carboxylic acid groups (broad SMARTS) is 1. The van der Waals surface area contributed by atoms with Gasteiger partial charge < -0.3 is 10.4 Å². The second kappa shape index (κ2) is 13.2. The minimum Gasteiger partial charge on any atom is -0.479 e. The van der Waals surface area contributed by atoms with Gasteiger partial charge in [0, 0.05) is 17.7 Å². The summed E-state index contributed by atoms with van der Waals surface area (Å²) < 4.78 is 0. The Balaban J connectivity index is 1.66. The highest BCUT2D eigenvalue weighted by molar-refractivity contribution is 6.18. The van der Waals surface area contributed by atoms with Gasteiger partial charge >= 0.3 is 5.97 Å². The molecule has 1 fully saturated rings. The quantitative estimate of drug-likeness (QED) is 0.165. The van der Waals surface area contributed by atoms with Crippen molar-refractivity contribution in [2.45, 2.75) is 57.2 Å². The number of para-hydroxylation sites is 1. The van der Waals surface area contributed by atoms with E-state index in [0.717, 1.165) is 31.5 Å². The zero-order valence-electron chi connectivity index (χ0n) is 22.6. The maximum atomic E-state index is 13.6. The zero-order valence-corrected chi connectivity index (χ0v) is 22.6. The lowest BCUT2D eigenvalue weighted by Crippen LogP contribution is -2.39. The van der Waals surface area contributed by atoms with E-state index >= 15 is 0 Å². The summed E-state index contributed by atoms with van der Waals surface area (Å²) >= 11 is 0. The normalized spacial score (nSPS) is 17.4. The third-order valence-corrected chi connectivity index (χ3v) is 7.27. The van der Waals surface area contributed by atoms with Gasteiger partial charge in [0.15, 0.2) is 5.54 Å². The number of aliphatic imine (C=N–C) groups is 1. The lowest BCUT2D eigenvalue weighted by molar-refractivity contribution is -0.142. The molecule has 0 saturated carbocycles. The van der Waals surface area contributed by atoms with Gasteiger partial charge in [-0.2, -0.15) is 0 Å². The van der Waals surface area contributed by atoms with Crippen molar-refractivity contribution in [1.29, 1.82) is 0 Å². The molecule has 2 atom stereocenters. The van der Waals surface area contributed by atoms with Crippen molar-refractivity contribution in [1.82, 2.24) is 4.90 Å². The van der Waals surface area contributed by atoms with Crippen molar-refractivity contribution in [3.63, 3.8) is 0 Å². The molecule has 3 aromatic carbocycles. The summed E-state index contributed by atoms with van der Waals surface area (Å²) in [5.41, 5.74) is 2.50. The average molecular weight is 524 g/mol. The van der Waals surface area contributed by atoms with E-state index in [-0.39, 0.29) is 11.9 Å². The summed E-state index contributed by atoms with van der Waals surface area (Å²) in [6.07, 6.45) is 5.29. The Morgan fingerprint density at radius 1 is 1.05 bits per heavy atom. The summed E-state index contributed by atoms with van der Waals surface area (Å²) in [4.78, 5) is 33.1. The number of unbranched alkanes of at least 4 members (excludes halogenated alkanes) is 1. The largest absolute Gasteiger partial charge is 0.479 e. The van der Waals surface area contributed by atoms with Crippen molar-refractivity contribution < 1.29 is 14.7 Å². The molecule has 1 heterocycles. The first kappa shape index (κ1) is 28.0. The van der Waals surface area contributed by atoms with Crippen molar-refractivity contribution in [3.8, 4) is 0 Å². The fourth-order valence-electron chi connectivity index (χ4n) is 5.07. The van der Waals surface area contributed by atoms with Crippen LogP contribution in [0.2, 0.25) is 0 Å². The van der Waals surface area contributed by atoms with E-state index in [0.29, 0.717) is 36.2 Å². The molecule has 0 bridgehead atoms. The van der Waals surface area contributed by atoms with E-state index in [1.54, 1.807) is 13.0 Å². The molecule has 6 heteroatoms. The van der Waals surface area contributed by atoms with Crippen molar-refractivity contribution in [2.75, 3.05) is 11.9 Å². The highest BCUT2D eigenvalue weighted by Gasteiger charge is 2.34. The summed E-state index contributed by atoms with van der Waals surface area (Å²) in [6, 6.07) is 27.0. The Kier molecular flexibility index (Phi) is 9.45. The molecule has 0 aromatic heterocycles. The van der Waals surface area contributed by atoms with Crippen molar-refractivity contribution >= 4 is 23.3 Å². The van der Waals surface area contributed by atoms with Crippen LogP contribution < -0.4 is 5.32 Å². The minimum absolute atomic E-state index is 0.0599. The summed E-state index contributed by atoms with van der Waals surface area (Å²) in [6.45, 7) is 7.00. The Hall–Kier alpha value is -4.03. The van der Waals surface area contributed by atoms with Gasteiger partial charge in [0.25, 0.3) is 0 Å². The highest BCUT2D eigenvalue weighted by Crippen LogP contribution is 2.28. The van der Waals surface area contributed by atoms with Gasteiger partial charge in [0.1, 0.15) is 0 Å². The number of hydrogen-bond acceptors (Lipinski definition) is 4. The van der Waals surface area contributed by atoms with Crippen LogP contribution in [-0.2, 0) is 16.1 Å². The smallest absolute Gasteiger partial charge is 0.331 e. The van der Waals surface area contributed by atoms with E-state index in [2.05, 4.69) is 28.9 Å². The molecule has 202 valence electrons. The number of amides is 1. The van der Waals surface area contributed by atoms with Crippen LogP contribution in [0, 0.1) is 0 Å². The van der Waals surface area contributed by atoms with Crippen LogP contribution in [0.5, 0.6) is 0 Å². The number of nitrogens with one attached hydrogen (secondary N) is 1. The standard InChI is InChI=1S/C33H37N3O3/c1-3-4-13-22-33(2,32(38)39)35-30(26-17-9-6-10-18-26)27-19-11-12-20-28(27)34-31(37)29-21-14-23-36(29)24-25-15-7-5-8-16-25/h3,5-12,15-20,29H,1,4,13-14,21-24H2,2H3,(H,34,37)(H,38,39)/t29?,33-/m0/s1. The molecule has 1 aliphatic heterocycles. The molecule has 1 amide bonds. The third kappa shape index (κ3) is 7.09. The number of carboxylic acids is 1. The maximum absolute atomic E-state index is 13.6. The predicted molar refractivity (Wildman–Crippen MR) is 157 cm³/mol. The molecule has 1 aliphatic rings. The molecule has 2 N–H and O–H groups in total. The number of hydrogen-bond donors (Lipinski definition) is 2. The van der Waals surface area contributed by atoms with Gasteiger partial charge in [-0.15, -0.1) is 6.58 Å². The summed E-state index contributed by atoms with van der Waals surface area (Å²) in [5, 5.41) is 13.3. The number of carbonyl (C=O) groups is 2. The Morgan fingerprint density at radius 2 is 1.72 bits per heavy atom. The van der Waals surface area contributed by atoms with Crippen LogP contribution in [-0.4, -0.2) is 45.7 Å². The third-order valence-electron chi connectivity index (χ3n) is 7.27. The molecular formula is C33H37N3O3. The number of allylic oxidation sites excluding steroid dienone is 1. The predicted octanol–water partition coefficient (Wildman–Crippen LogP) is 6.33. The van der Waals surface area contributed by atoms with E-state index in [9.17, 15) is 14.7 Å². The van der Waals surface area contributed by atoms with Crippen LogP contribution in [0.4, 0.5) is 5.69 Å². The van der Waals surface area contributed by atoms with Crippen LogP contribution in [0.3, 0.4) is 0 Å². The number of anilines is 1. The van der Waals surface area contributed by atoms with Crippen LogP contribution >= 0.6 is 0 Å². The molecule has 0 radical (unpaired) electrons. The van der Waals surface area contributed by atoms with E-state index in [4.69, 9.17) is 4.99 Å². The van der Waals surface area contributed by atoms with Crippen molar-refractivity contribution in [2.24, 2.45) is 4.99 Å². The molecule has 0 spiro atoms. The molecule has 4 rings (SSSR count). The van der Waals surface area contributed by atoms with Crippen LogP contribution in [0.1, 0.15) is 55.7 Å². The SMILES string of the molecule is C=CCCC[C@](C)(N=C(c1ccccc1)c1ccccc1NC(=O)C1CCCN1Cc1ccccc1)C(=O)O. The molecular weight excluding hydrogens is 486 g/mol. The number of aliphatic carboxylic acids is 1. The number of nitrogens with zero attached hydrogens (tertiary/aromatic N) is 2. The fraction of sp³-hybridized carbons (Fsp3) is 0.303. The van der Waals surface area contributed by atoms with E-state index in [1.165, 1.54) is 5.56 Å². The van der Waals surface area contributed by atoms with Gasteiger partial charge in [-0.1, -0.05) is 84.9 Å². The molecule has 0 aliphatic carbocycles. The average Bonchev–Trinajstić information content (AvgIpc) is 3.41. The van der Waals surface area contributed by atoms with Gasteiger partial charge in [0.2, 0.25) is 5.91 Å². The molecule has 1 saturated heterocycles. The lowest BCUT2D eigenvalue weighted by Gasteiger charge is -2.25. The lowest BCUT2D eigenvalue weighted by atomic mass is 9.93. The van der Waals surface area contributed by atoms with Crippen molar-refractivity contribution in [3.05, 3.63) is 114 Å². The van der Waals surface area contributed by atoms with Gasteiger partial charge in [-0.3, -0.25) is 14.7 Å². The minimum atomic E-state index is -1.33. The number of rotatable bonds is 12. The zero-order chi connectivity index (χ0) is 27.7. The van der Waals surface area contributed by atoms with E-state index < -0.39 is 11.5 Å². The van der Waals surface area contributed by atoms with Gasteiger partial charge in [0.05, 0.1) is 17.4 Å². The molecule has 3 aromatic rings. The second-order valence-corrected chi connectivity index (χ2v) is 10.2. The maximum Gasteiger partial charge on any atom is 0.331 e. The molecule has 1 unspecified atom stereocenters. The number of benzene rings is 3. The highest BCUT2D eigenvalue weighted by atomic mass is 16.4. The molecule has 39 heavy (non-hydrogen) atoms. The monoisotopic (exact) mass is 523 g/mol. The van der Waals surface area contributed by atoms with E-state index in [1.807, 2.05) is 72.8 Å². The first-order valence-electron chi connectivity index (χ1n) is 13.6. The second-order valence-electron chi connectivity index (χ2n) is 10.2. The molecule has 6 nitrogen and oxygen atoms in total. The summed E-state index contributed by atoms with van der Waals surface area (Å²) in [5.74, 6) is -1.04. The Bertz CT molecular complexity index is 1310. The number of likely N-dealkylation sites (tertiary alicyclic amines) is 1. The van der Waals surface area contributed by atoms with Crippen LogP contribution in [0.15, 0.2) is 103 Å².